The van der Waals surface area contributed by atoms with Crippen LogP contribution in [0.4, 0.5) is 9.59 Å². The summed E-state index contributed by atoms with van der Waals surface area (Å²) in [5, 5.41) is 19.2. The van der Waals surface area contributed by atoms with Gasteiger partial charge in [-0.2, -0.15) is 0 Å². The van der Waals surface area contributed by atoms with Crippen LogP contribution in [-0.4, -0.2) is 53.4 Å². The SMILES string of the molecule is CC(C)(C)OC(=O)NCCCC[C@H](NC(=O)[C@H](Cc1cccs1)NC(=O)OCc1ccccc1)C(=O)O. The average molecular weight is 534 g/mol. The number of hydrogen-bond donors (Lipinski definition) is 4. The molecule has 0 saturated heterocycles. The van der Waals surface area contributed by atoms with Crippen molar-refractivity contribution in [2.45, 2.75) is 70.7 Å². The van der Waals surface area contributed by atoms with E-state index < -0.39 is 41.7 Å². The highest BCUT2D eigenvalue weighted by Crippen LogP contribution is 2.13. The Hall–Kier alpha value is -3.60. The molecule has 0 fully saturated rings. The molecule has 1 heterocycles. The molecule has 2 aromatic rings. The van der Waals surface area contributed by atoms with Gasteiger partial charge in [0.2, 0.25) is 5.91 Å². The number of rotatable bonds is 13. The van der Waals surface area contributed by atoms with Gasteiger partial charge in [0.1, 0.15) is 24.3 Å². The zero-order valence-electron chi connectivity index (χ0n) is 21.3. The van der Waals surface area contributed by atoms with E-state index in [9.17, 15) is 24.3 Å². The van der Waals surface area contributed by atoms with Crippen LogP contribution in [0.5, 0.6) is 0 Å². The molecular weight excluding hydrogens is 498 g/mol. The van der Waals surface area contributed by atoms with Gasteiger partial charge in [-0.3, -0.25) is 4.79 Å². The Bertz CT molecular complexity index is 1010. The topological polar surface area (TPSA) is 143 Å². The van der Waals surface area contributed by atoms with Crippen molar-refractivity contribution in [2.75, 3.05) is 6.54 Å². The summed E-state index contributed by atoms with van der Waals surface area (Å²) in [6.07, 6.45) is -0.0356. The van der Waals surface area contributed by atoms with Crippen molar-refractivity contribution in [3.8, 4) is 0 Å². The van der Waals surface area contributed by atoms with E-state index in [2.05, 4.69) is 16.0 Å². The Balaban J connectivity index is 1.88. The molecule has 0 aliphatic rings. The minimum atomic E-state index is -1.19. The van der Waals surface area contributed by atoms with Gasteiger partial charge in [-0.05, 0) is 57.0 Å². The monoisotopic (exact) mass is 533 g/mol. The normalized spacial score (nSPS) is 12.6. The van der Waals surface area contributed by atoms with Gasteiger partial charge in [0.25, 0.3) is 0 Å². The standard InChI is InChI=1S/C26H35N3O7S/c1-26(2,3)36-24(33)27-14-8-7-13-20(23(31)32)28-22(30)21(16-19-12-9-15-37-19)29-25(34)35-17-18-10-5-4-6-11-18/h4-6,9-12,15,20-21H,7-8,13-14,16-17H2,1-3H3,(H,27,33)(H,28,30)(H,29,34)(H,31,32)/t20-,21-/m0/s1. The van der Waals surface area contributed by atoms with Gasteiger partial charge >= 0.3 is 18.2 Å². The van der Waals surface area contributed by atoms with Crippen LogP contribution in [-0.2, 0) is 32.1 Å². The summed E-state index contributed by atoms with van der Waals surface area (Å²) in [7, 11) is 0. The molecule has 11 heteroatoms. The van der Waals surface area contributed by atoms with E-state index in [1.807, 2.05) is 47.8 Å². The third-order valence-corrected chi connectivity index (χ3v) is 5.91. The maximum Gasteiger partial charge on any atom is 0.408 e. The molecule has 0 saturated carbocycles. The van der Waals surface area contributed by atoms with Crippen LogP contribution < -0.4 is 16.0 Å². The number of carbonyl (C=O) groups is 4. The van der Waals surface area contributed by atoms with E-state index in [-0.39, 0.29) is 19.4 Å². The number of benzene rings is 1. The lowest BCUT2D eigenvalue weighted by atomic mass is 10.1. The van der Waals surface area contributed by atoms with E-state index in [0.29, 0.717) is 19.4 Å². The number of unbranched alkanes of at least 4 members (excludes halogenated alkanes) is 1. The van der Waals surface area contributed by atoms with Gasteiger partial charge in [0, 0.05) is 17.8 Å². The second-order valence-electron chi connectivity index (χ2n) is 9.37. The molecule has 0 unspecified atom stereocenters. The second-order valence-corrected chi connectivity index (χ2v) is 10.4. The van der Waals surface area contributed by atoms with Crippen molar-refractivity contribution in [3.05, 3.63) is 58.3 Å². The van der Waals surface area contributed by atoms with E-state index >= 15 is 0 Å². The summed E-state index contributed by atoms with van der Waals surface area (Å²) in [5.41, 5.74) is 0.189. The first-order chi connectivity index (χ1) is 17.5. The van der Waals surface area contributed by atoms with E-state index in [1.165, 1.54) is 11.3 Å². The Morgan fingerprint density at radius 2 is 1.68 bits per heavy atom. The van der Waals surface area contributed by atoms with Crippen LogP contribution in [0.25, 0.3) is 0 Å². The first-order valence-electron chi connectivity index (χ1n) is 12.0. The highest BCUT2D eigenvalue weighted by Gasteiger charge is 2.27. The highest BCUT2D eigenvalue weighted by atomic mass is 32.1. The summed E-state index contributed by atoms with van der Waals surface area (Å²) in [6, 6.07) is 10.6. The Morgan fingerprint density at radius 1 is 0.946 bits per heavy atom. The largest absolute Gasteiger partial charge is 0.480 e. The molecule has 1 aromatic heterocycles. The highest BCUT2D eigenvalue weighted by molar-refractivity contribution is 7.09. The summed E-state index contributed by atoms with van der Waals surface area (Å²) in [5.74, 6) is -1.81. The molecule has 2 atom stereocenters. The molecule has 3 amide bonds. The molecule has 0 aliphatic carbocycles. The van der Waals surface area contributed by atoms with Crippen LogP contribution >= 0.6 is 11.3 Å². The predicted molar refractivity (Wildman–Crippen MR) is 139 cm³/mol. The molecule has 1 aromatic carbocycles. The number of nitrogens with one attached hydrogen (secondary N) is 3. The van der Waals surface area contributed by atoms with Gasteiger partial charge in [0.15, 0.2) is 0 Å². The maximum absolute atomic E-state index is 13.0. The molecular formula is C26H35N3O7S. The number of carboxylic acids is 1. The fourth-order valence-electron chi connectivity index (χ4n) is 3.25. The lowest BCUT2D eigenvalue weighted by molar-refractivity contribution is -0.142. The van der Waals surface area contributed by atoms with Gasteiger partial charge in [-0.15, -0.1) is 11.3 Å². The van der Waals surface area contributed by atoms with Crippen molar-refractivity contribution in [2.24, 2.45) is 0 Å². The zero-order valence-corrected chi connectivity index (χ0v) is 22.1. The number of carboxylic acid groups (broad SMARTS) is 1. The molecule has 0 radical (unpaired) electrons. The van der Waals surface area contributed by atoms with Crippen LogP contribution in [0, 0.1) is 0 Å². The molecule has 37 heavy (non-hydrogen) atoms. The molecule has 4 N–H and O–H groups in total. The maximum atomic E-state index is 13.0. The third kappa shape index (κ3) is 12.3. The number of alkyl carbamates (subject to hydrolysis) is 2. The van der Waals surface area contributed by atoms with Crippen LogP contribution in [0.1, 0.15) is 50.5 Å². The van der Waals surface area contributed by atoms with Gasteiger partial charge < -0.3 is 30.5 Å². The van der Waals surface area contributed by atoms with Crippen LogP contribution in [0.15, 0.2) is 47.8 Å². The van der Waals surface area contributed by atoms with Crippen LogP contribution in [0.2, 0.25) is 0 Å². The smallest absolute Gasteiger partial charge is 0.408 e. The lowest BCUT2D eigenvalue weighted by Crippen LogP contribution is -2.52. The zero-order chi connectivity index (χ0) is 27.3. The van der Waals surface area contributed by atoms with Gasteiger partial charge in [0.05, 0.1) is 0 Å². The number of hydrogen-bond acceptors (Lipinski definition) is 7. The summed E-state index contributed by atoms with van der Waals surface area (Å²) < 4.78 is 10.4. The van der Waals surface area contributed by atoms with Crippen molar-refractivity contribution in [1.29, 1.82) is 0 Å². The fraction of sp³-hybridized carbons (Fsp3) is 0.462. The molecule has 0 aliphatic heterocycles. The Morgan fingerprint density at radius 3 is 2.30 bits per heavy atom. The summed E-state index contributed by atoms with van der Waals surface area (Å²) in [6.45, 7) is 5.63. The second kappa shape index (κ2) is 14.8. The minimum absolute atomic E-state index is 0.0368. The van der Waals surface area contributed by atoms with Crippen molar-refractivity contribution >= 4 is 35.4 Å². The van der Waals surface area contributed by atoms with Gasteiger partial charge in [-0.1, -0.05) is 36.4 Å². The number of carbonyl (C=O) groups excluding carboxylic acids is 3. The van der Waals surface area contributed by atoms with Gasteiger partial charge in [-0.25, -0.2) is 14.4 Å². The van der Waals surface area contributed by atoms with E-state index in [0.717, 1.165) is 10.4 Å². The summed E-state index contributed by atoms with van der Waals surface area (Å²) in [4.78, 5) is 49.7. The van der Waals surface area contributed by atoms with Crippen molar-refractivity contribution < 1.29 is 33.8 Å². The first kappa shape index (κ1) is 29.6. The number of thiophene rings is 1. The average Bonchev–Trinajstić information content (AvgIpc) is 3.34. The third-order valence-electron chi connectivity index (χ3n) is 5.01. The number of amides is 3. The van der Waals surface area contributed by atoms with E-state index in [4.69, 9.17) is 9.47 Å². The Labute approximate surface area is 220 Å². The quantitative estimate of drug-likeness (QED) is 0.286. The van der Waals surface area contributed by atoms with Crippen molar-refractivity contribution in [1.82, 2.24) is 16.0 Å². The van der Waals surface area contributed by atoms with E-state index in [1.54, 1.807) is 20.8 Å². The predicted octanol–water partition coefficient (Wildman–Crippen LogP) is 3.85. The molecule has 202 valence electrons. The van der Waals surface area contributed by atoms with Crippen molar-refractivity contribution in [3.63, 3.8) is 0 Å². The molecule has 0 bridgehead atoms. The molecule has 10 nitrogen and oxygen atoms in total. The number of aliphatic carboxylic acids is 1. The van der Waals surface area contributed by atoms with Crippen LogP contribution in [0.3, 0.4) is 0 Å². The number of ether oxygens (including phenoxy) is 2. The fourth-order valence-corrected chi connectivity index (χ4v) is 4.01. The Kier molecular flexibility index (Phi) is 11.9. The summed E-state index contributed by atoms with van der Waals surface area (Å²) >= 11 is 1.42. The molecule has 2 rings (SSSR count). The lowest BCUT2D eigenvalue weighted by Gasteiger charge is -2.21. The first-order valence-corrected chi connectivity index (χ1v) is 12.9. The minimum Gasteiger partial charge on any atom is -0.480 e. The molecule has 0 spiro atoms.